The predicted molar refractivity (Wildman–Crippen MR) is 88.4 cm³/mol. The molecular weight excluding hydrogens is 272 g/mol. The van der Waals surface area contributed by atoms with Crippen molar-refractivity contribution in [2.45, 2.75) is 90.3 Å². The van der Waals surface area contributed by atoms with E-state index in [9.17, 15) is 4.79 Å². The minimum atomic E-state index is 0.306. The third-order valence-electron chi connectivity index (χ3n) is 8.17. The minimum absolute atomic E-state index is 0.306. The summed E-state index contributed by atoms with van der Waals surface area (Å²) in [4.78, 5) is 12.6. The van der Waals surface area contributed by atoms with Gasteiger partial charge in [-0.15, -0.1) is 0 Å². The monoisotopic (exact) mass is 304 g/mol. The van der Waals surface area contributed by atoms with Crippen molar-refractivity contribution in [1.82, 2.24) is 10.6 Å². The van der Waals surface area contributed by atoms with Crippen LogP contribution >= 0.6 is 0 Å². The third-order valence-corrected chi connectivity index (χ3v) is 8.17. The Hall–Kier alpha value is -0.570. The van der Waals surface area contributed by atoms with Crippen LogP contribution in [0.2, 0.25) is 0 Å². The molecule has 2 aliphatic carbocycles. The average Bonchev–Trinajstić information content (AvgIpc) is 2.96. The summed E-state index contributed by atoms with van der Waals surface area (Å²) in [6.07, 6.45) is 9.65. The molecule has 0 aromatic carbocycles. The number of carbonyl (C=O) groups is 1. The zero-order valence-corrected chi connectivity index (χ0v) is 14.5. The smallest absolute Gasteiger partial charge is 0.220 e. The van der Waals surface area contributed by atoms with Crippen LogP contribution in [0.1, 0.15) is 72.1 Å². The summed E-state index contributed by atoms with van der Waals surface area (Å²) >= 11 is 0. The van der Waals surface area contributed by atoms with Gasteiger partial charge in [0, 0.05) is 24.5 Å². The highest BCUT2D eigenvalue weighted by Gasteiger charge is 2.61. The lowest BCUT2D eigenvalue weighted by molar-refractivity contribution is -0.124. The molecule has 124 valence electrons. The van der Waals surface area contributed by atoms with Gasteiger partial charge in [0.05, 0.1) is 0 Å². The highest BCUT2D eigenvalue weighted by atomic mass is 16.1. The molecule has 0 aromatic heterocycles. The van der Waals surface area contributed by atoms with Crippen molar-refractivity contribution in [3.63, 3.8) is 0 Å². The van der Waals surface area contributed by atoms with Gasteiger partial charge in [-0.3, -0.25) is 4.79 Å². The van der Waals surface area contributed by atoms with Crippen LogP contribution in [0, 0.1) is 22.7 Å². The summed E-state index contributed by atoms with van der Waals surface area (Å²) in [6, 6.07) is 1.79. The fourth-order valence-corrected chi connectivity index (χ4v) is 6.28. The summed E-state index contributed by atoms with van der Waals surface area (Å²) in [6.45, 7) is 7.25. The first kappa shape index (κ1) is 15.0. The van der Waals surface area contributed by atoms with Gasteiger partial charge in [0.15, 0.2) is 0 Å². The number of rotatable bonds is 3. The number of hydrogen-bond acceptors (Lipinski definition) is 2. The number of nitrogens with one attached hydrogen (secondary N) is 2. The second-order valence-electron chi connectivity index (χ2n) is 9.41. The fourth-order valence-electron chi connectivity index (χ4n) is 6.28. The fraction of sp³-hybridized carbons (Fsp3) is 0.947. The molecule has 1 amide bonds. The molecule has 4 fully saturated rings. The number of carbonyl (C=O) groups excluding carboxylic acids is 1. The van der Waals surface area contributed by atoms with E-state index in [1.807, 2.05) is 0 Å². The summed E-state index contributed by atoms with van der Waals surface area (Å²) in [5, 5.41) is 7.12. The Labute approximate surface area is 135 Å². The van der Waals surface area contributed by atoms with E-state index < -0.39 is 0 Å². The Morgan fingerprint density at radius 2 is 1.77 bits per heavy atom. The van der Waals surface area contributed by atoms with E-state index in [1.165, 1.54) is 44.9 Å². The first-order chi connectivity index (χ1) is 10.4. The van der Waals surface area contributed by atoms with Crippen molar-refractivity contribution in [1.29, 1.82) is 0 Å². The van der Waals surface area contributed by atoms with Crippen LogP contribution in [0.25, 0.3) is 0 Å². The van der Waals surface area contributed by atoms with Crippen LogP contribution in [0.15, 0.2) is 0 Å². The molecular formula is C19H32N2O. The number of hydrogen-bond donors (Lipinski definition) is 2. The van der Waals surface area contributed by atoms with Crippen LogP contribution in [0.4, 0.5) is 0 Å². The maximum Gasteiger partial charge on any atom is 0.220 e. The molecule has 22 heavy (non-hydrogen) atoms. The lowest BCUT2D eigenvalue weighted by Crippen LogP contribution is -2.47. The summed E-state index contributed by atoms with van der Waals surface area (Å²) in [5.74, 6) is 1.73. The summed E-state index contributed by atoms with van der Waals surface area (Å²) in [5.41, 5.74) is 0.694. The SMILES string of the molecule is CC1(C)C2CCC1(C)C(NC(=O)CC1CC3CCC(C1)N3)C2. The van der Waals surface area contributed by atoms with E-state index in [4.69, 9.17) is 0 Å². The topological polar surface area (TPSA) is 41.1 Å². The Bertz CT molecular complexity index is 462. The Kier molecular flexibility index (Phi) is 3.38. The zero-order valence-electron chi connectivity index (χ0n) is 14.5. The standard InChI is InChI=1S/C19H32N2O/c1-18(2)13-6-7-19(18,3)16(11-13)21-17(22)10-12-8-14-4-5-15(9-12)20-14/h12-16,20H,4-11H2,1-3H3,(H,21,22). The normalized spacial score (nSPS) is 48.6. The second-order valence-corrected chi connectivity index (χ2v) is 9.41. The first-order valence-corrected chi connectivity index (χ1v) is 9.44. The molecule has 2 N–H and O–H groups in total. The van der Waals surface area contributed by atoms with Crippen molar-refractivity contribution in [2.75, 3.05) is 0 Å². The highest BCUT2D eigenvalue weighted by Crippen LogP contribution is 2.65. The molecule has 2 saturated heterocycles. The Morgan fingerprint density at radius 3 is 2.32 bits per heavy atom. The number of fused-ring (bicyclic) bond motifs is 4. The molecule has 4 rings (SSSR count). The van der Waals surface area contributed by atoms with E-state index in [0.717, 1.165) is 12.3 Å². The van der Waals surface area contributed by atoms with Gasteiger partial charge in [-0.1, -0.05) is 20.8 Å². The van der Waals surface area contributed by atoms with E-state index in [-0.39, 0.29) is 0 Å². The van der Waals surface area contributed by atoms with Crippen LogP contribution in [0.5, 0.6) is 0 Å². The molecule has 0 radical (unpaired) electrons. The van der Waals surface area contributed by atoms with Gasteiger partial charge in [0.25, 0.3) is 0 Å². The molecule has 2 heterocycles. The summed E-state index contributed by atoms with van der Waals surface area (Å²) < 4.78 is 0. The largest absolute Gasteiger partial charge is 0.353 e. The molecule has 4 bridgehead atoms. The molecule has 5 unspecified atom stereocenters. The summed E-state index contributed by atoms with van der Waals surface area (Å²) in [7, 11) is 0. The molecule has 2 aliphatic heterocycles. The maximum absolute atomic E-state index is 12.6. The van der Waals surface area contributed by atoms with E-state index in [1.54, 1.807) is 0 Å². The van der Waals surface area contributed by atoms with Crippen molar-refractivity contribution < 1.29 is 4.79 Å². The van der Waals surface area contributed by atoms with Gasteiger partial charge in [0.2, 0.25) is 5.91 Å². The molecule has 3 heteroatoms. The van der Waals surface area contributed by atoms with Gasteiger partial charge in [-0.05, 0) is 67.6 Å². The van der Waals surface area contributed by atoms with Gasteiger partial charge in [0.1, 0.15) is 0 Å². The molecule has 3 nitrogen and oxygen atoms in total. The van der Waals surface area contributed by atoms with Crippen molar-refractivity contribution >= 4 is 5.91 Å². The van der Waals surface area contributed by atoms with Crippen LogP contribution in [0.3, 0.4) is 0 Å². The Balaban J connectivity index is 1.35. The highest BCUT2D eigenvalue weighted by molar-refractivity contribution is 5.76. The van der Waals surface area contributed by atoms with E-state index in [2.05, 4.69) is 31.4 Å². The third kappa shape index (κ3) is 2.15. The van der Waals surface area contributed by atoms with Crippen LogP contribution < -0.4 is 10.6 Å². The molecule has 0 spiro atoms. The number of piperidine rings is 1. The lowest BCUT2D eigenvalue weighted by atomic mass is 9.69. The van der Waals surface area contributed by atoms with Gasteiger partial charge >= 0.3 is 0 Å². The molecule has 4 aliphatic rings. The van der Waals surface area contributed by atoms with Crippen LogP contribution in [-0.4, -0.2) is 24.0 Å². The molecule has 2 saturated carbocycles. The van der Waals surface area contributed by atoms with E-state index >= 15 is 0 Å². The first-order valence-electron chi connectivity index (χ1n) is 9.44. The average molecular weight is 304 g/mol. The van der Waals surface area contributed by atoms with Crippen LogP contribution in [-0.2, 0) is 4.79 Å². The van der Waals surface area contributed by atoms with Crippen molar-refractivity contribution in [3.8, 4) is 0 Å². The maximum atomic E-state index is 12.6. The number of amides is 1. The quantitative estimate of drug-likeness (QED) is 0.840. The lowest BCUT2D eigenvalue weighted by Gasteiger charge is -2.39. The Morgan fingerprint density at radius 1 is 1.09 bits per heavy atom. The zero-order chi connectivity index (χ0) is 15.5. The predicted octanol–water partition coefficient (Wildman–Crippen LogP) is 3.24. The van der Waals surface area contributed by atoms with Gasteiger partial charge in [-0.25, -0.2) is 0 Å². The van der Waals surface area contributed by atoms with Gasteiger partial charge < -0.3 is 10.6 Å². The molecule has 0 aromatic rings. The minimum Gasteiger partial charge on any atom is -0.353 e. The van der Waals surface area contributed by atoms with Crippen molar-refractivity contribution in [3.05, 3.63) is 0 Å². The van der Waals surface area contributed by atoms with Crippen molar-refractivity contribution in [2.24, 2.45) is 22.7 Å². The van der Waals surface area contributed by atoms with Gasteiger partial charge in [-0.2, -0.15) is 0 Å². The second kappa shape index (κ2) is 4.96. The molecule has 5 atom stereocenters. The van der Waals surface area contributed by atoms with E-state index in [0.29, 0.717) is 40.8 Å².